The second kappa shape index (κ2) is 11.2. The van der Waals surface area contributed by atoms with Gasteiger partial charge in [0.2, 0.25) is 0 Å². The van der Waals surface area contributed by atoms with Crippen LogP contribution in [-0.4, -0.2) is 34.9 Å². The summed E-state index contributed by atoms with van der Waals surface area (Å²) in [5.74, 6) is 6.40. The highest BCUT2D eigenvalue weighted by molar-refractivity contribution is 5.67. The van der Waals surface area contributed by atoms with Crippen LogP contribution in [-0.2, 0) is 19.1 Å². The van der Waals surface area contributed by atoms with Crippen molar-refractivity contribution in [1.29, 1.82) is 0 Å². The van der Waals surface area contributed by atoms with Crippen LogP contribution in [0, 0.1) is 29.1 Å². The van der Waals surface area contributed by atoms with Gasteiger partial charge in [-0.2, -0.15) is 0 Å². The molecule has 0 heterocycles. The summed E-state index contributed by atoms with van der Waals surface area (Å²) in [6, 6.07) is 0. The number of rotatable bonds is 5. The summed E-state index contributed by atoms with van der Waals surface area (Å²) in [4.78, 5) is 23.1. The van der Waals surface area contributed by atoms with Crippen LogP contribution < -0.4 is 0 Å². The van der Waals surface area contributed by atoms with Gasteiger partial charge in [0.15, 0.2) is 0 Å². The third-order valence-corrected chi connectivity index (χ3v) is 7.65. The summed E-state index contributed by atoms with van der Waals surface area (Å²) in [7, 11) is 0. The minimum atomic E-state index is -0.952. The first-order valence-electron chi connectivity index (χ1n) is 13.0. The minimum Gasteiger partial charge on any atom is -0.462 e. The lowest BCUT2D eigenvalue weighted by Crippen LogP contribution is -2.32. The summed E-state index contributed by atoms with van der Waals surface area (Å²) in [5.41, 5.74) is 3.34. The molecule has 0 aromatic rings. The van der Waals surface area contributed by atoms with Gasteiger partial charge >= 0.3 is 11.9 Å². The van der Waals surface area contributed by atoms with Crippen molar-refractivity contribution >= 4 is 11.9 Å². The number of esters is 2. The molecule has 3 rings (SSSR count). The molecule has 0 amide bonds. The first-order chi connectivity index (χ1) is 16.4. The molecule has 0 bridgehead atoms. The van der Waals surface area contributed by atoms with Crippen LogP contribution in [0.1, 0.15) is 92.9 Å². The second-order valence-electron chi connectivity index (χ2n) is 11.4. The molecule has 2 saturated carbocycles. The molecule has 192 valence electrons. The summed E-state index contributed by atoms with van der Waals surface area (Å²) in [6.45, 7) is 10.9. The van der Waals surface area contributed by atoms with Gasteiger partial charge in [-0.15, -0.1) is 0 Å². The standard InChI is InChI=1S/C30H42O5/c1-20(9-7-15-29(4,5)33)27-13-14-28-24(10-8-16-30(27,28)6)12-11-23-17-25(34-21(2)31)19-26(18-23)35-22(3)32/h11-13,20,25-26,28,33H,8-10,14,16-19H2,1-6H3/b23-11?,24-12+/t20?,25-,26?,28?,30-/m1/s1. The normalized spacial score (nSPS) is 31.7. The molecule has 0 radical (unpaired) electrons. The highest BCUT2D eigenvalue weighted by atomic mass is 16.6. The smallest absolute Gasteiger partial charge is 0.302 e. The number of allylic oxidation sites excluding steroid dienone is 5. The molecule has 0 aliphatic heterocycles. The quantitative estimate of drug-likeness (QED) is 0.303. The molecule has 3 unspecified atom stereocenters. The molecule has 3 aliphatic carbocycles. The minimum absolute atomic E-state index is 0.144. The predicted octanol–water partition coefficient (Wildman–Crippen LogP) is 5.82. The second-order valence-corrected chi connectivity index (χ2v) is 11.4. The highest BCUT2D eigenvalue weighted by Crippen LogP contribution is 2.56. The Morgan fingerprint density at radius 1 is 1.20 bits per heavy atom. The zero-order chi connectivity index (χ0) is 25.8. The molecule has 5 heteroatoms. The molecule has 35 heavy (non-hydrogen) atoms. The molecule has 0 spiro atoms. The van der Waals surface area contributed by atoms with E-state index in [1.54, 1.807) is 13.8 Å². The van der Waals surface area contributed by atoms with E-state index in [4.69, 9.17) is 9.47 Å². The maximum atomic E-state index is 11.5. The summed E-state index contributed by atoms with van der Waals surface area (Å²) in [6.07, 6.45) is 13.6. The Labute approximate surface area is 211 Å². The van der Waals surface area contributed by atoms with E-state index in [0.29, 0.717) is 31.1 Å². The van der Waals surface area contributed by atoms with Crippen LogP contribution in [0.5, 0.6) is 0 Å². The lowest BCUT2D eigenvalue weighted by Gasteiger charge is -2.42. The van der Waals surface area contributed by atoms with E-state index in [9.17, 15) is 14.7 Å². The van der Waals surface area contributed by atoms with Gasteiger partial charge < -0.3 is 14.6 Å². The van der Waals surface area contributed by atoms with E-state index in [-0.39, 0.29) is 29.6 Å². The Balaban J connectivity index is 1.75. The van der Waals surface area contributed by atoms with Gasteiger partial charge in [0.1, 0.15) is 17.8 Å². The molecular weight excluding hydrogens is 440 g/mol. The number of fused-ring (bicyclic) bond motifs is 1. The highest BCUT2D eigenvalue weighted by Gasteiger charge is 2.45. The van der Waals surface area contributed by atoms with Gasteiger partial charge in [-0.1, -0.05) is 60.6 Å². The van der Waals surface area contributed by atoms with Gasteiger partial charge in [0, 0.05) is 39.5 Å². The van der Waals surface area contributed by atoms with Gasteiger partial charge in [-0.3, -0.25) is 9.59 Å². The lowest BCUT2D eigenvalue weighted by molar-refractivity contribution is -0.154. The predicted molar refractivity (Wildman–Crippen MR) is 137 cm³/mol. The molecule has 5 nitrogen and oxygen atoms in total. The summed E-state index contributed by atoms with van der Waals surface area (Å²) >= 11 is 0. The van der Waals surface area contributed by atoms with Crippen LogP contribution in [0.25, 0.3) is 0 Å². The number of aliphatic hydroxyl groups is 1. The molecule has 1 N–H and O–H groups in total. The Morgan fingerprint density at radius 2 is 1.83 bits per heavy atom. The van der Waals surface area contributed by atoms with Crippen molar-refractivity contribution < 1.29 is 24.2 Å². The fraction of sp³-hybridized carbons (Fsp3) is 0.667. The first kappa shape index (κ1) is 27.3. The van der Waals surface area contributed by atoms with Gasteiger partial charge in [0.05, 0.1) is 0 Å². The monoisotopic (exact) mass is 482 g/mol. The van der Waals surface area contributed by atoms with Crippen molar-refractivity contribution in [3.8, 4) is 11.8 Å². The van der Waals surface area contributed by atoms with Crippen LogP contribution in [0.4, 0.5) is 0 Å². The molecule has 2 fully saturated rings. The largest absolute Gasteiger partial charge is 0.462 e. The number of ether oxygens (including phenoxy) is 2. The molecule has 3 aliphatic rings. The Kier molecular flexibility index (Phi) is 8.70. The molecule has 5 atom stereocenters. The fourth-order valence-electron chi connectivity index (χ4n) is 6.28. The average molecular weight is 483 g/mol. The SMILES string of the molecule is CC(=O)OC1CC(=C/C=C2\CCC[C@]3(C)C(C(C)CC#CC(C)(C)O)=CCC23)C[C@@H](OC(C)=O)C1. The number of hydrogen-bond acceptors (Lipinski definition) is 5. The maximum absolute atomic E-state index is 11.5. The van der Waals surface area contributed by atoms with Gasteiger partial charge in [-0.05, 0) is 56.8 Å². The third kappa shape index (κ3) is 7.34. The zero-order valence-corrected chi connectivity index (χ0v) is 22.3. The number of hydrogen-bond donors (Lipinski definition) is 1. The Bertz CT molecular complexity index is 941. The van der Waals surface area contributed by atoms with Crippen LogP contribution in [0.3, 0.4) is 0 Å². The number of carbonyl (C=O) groups excluding carboxylic acids is 2. The van der Waals surface area contributed by atoms with Crippen LogP contribution >= 0.6 is 0 Å². The molecule has 0 saturated heterocycles. The fourth-order valence-corrected chi connectivity index (χ4v) is 6.28. The van der Waals surface area contributed by atoms with E-state index in [1.165, 1.54) is 31.4 Å². The molecule has 0 aromatic carbocycles. The van der Waals surface area contributed by atoms with Gasteiger partial charge in [-0.25, -0.2) is 0 Å². The van der Waals surface area contributed by atoms with Crippen molar-refractivity contribution in [2.45, 2.75) is 111 Å². The van der Waals surface area contributed by atoms with Crippen molar-refractivity contribution in [1.82, 2.24) is 0 Å². The van der Waals surface area contributed by atoms with Crippen LogP contribution in [0.15, 0.2) is 34.9 Å². The van der Waals surface area contributed by atoms with Crippen molar-refractivity contribution in [3.63, 3.8) is 0 Å². The average Bonchev–Trinajstić information content (AvgIpc) is 3.07. The van der Waals surface area contributed by atoms with E-state index in [0.717, 1.165) is 31.3 Å². The molecule has 0 aromatic heterocycles. The number of carbonyl (C=O) groups is 2. The Morgan fingerprint density at radius 3 is 2.40 bits per heavy atom. The van der Waals surface area contributed by atoms with Crippen molar-refractivity contribution in [2.75, 3.05) is 0 Å². The zero-order valence-electron chi connectivity index (χ0n) is 22.3. The van der Waals surface area contributed by atoms with E-state index in [2.05, 4.69) is 43.9 Å². The third-order valence-electron chi connectivity index (χ3n) is 7.65. The molecular formula is C30H42O5. The van der Waals surface area contributed by atoms with Crippen molar-refractivity contribution in [2.24, 2.45) is 17.3 Å². The first-order valence-corrected chi connectivity index (χ1v) is 13.0. The van der Waals surface area contributed by atoms with Crippen molar-refractivity contribution in [3.05, 3.63) is 34.9 Å². The van der Waals surface area contributed by atoms with Gasteiger partial charge in [0.25, 0.3) is 0 Å². The topological polar surface area (TPSA) is 72.8 Å². The van der Waals surface area contributed by atoms with Crippen LogP contribution in [0.2, 0.25) is 0 Å². The summed E-state index contributed by atoms with van der Waals surface area (Å²) < 4.78 is 11.0. The Hall–Kier alpha value is -2.32. The van der Waals surface area contributed by atoms with E-state index in [1.807, 2.05) is 0 Å². The lowest BCUT2D eigenvalue weighted by atomic mass is 9.62. The van der Waals surface area contributed by atoms with E-state index < -0.39 is 5.60 Å². The maximum Gasteiger partial charge on any atom is 0.302 e. The van der Waals surface area contributed by atoms with E-state index >= 15 is 0 Å². The summed E-state index contributed by atoms with van der Waals surface area (Å²) in [5, 5.41) is 9.90.